The number of aryl methyl sites for hydroxylation is 1. The van der Waals surface area contributed by atoms with E-state index in [1.165, 1.54) is 0 Å². The van der Waals surface area contributed by atoms with Crippen LogP contribution in [0.5, 0.6) is 0 Å². The van der Waals surface area contributed by atoms with E-state index in [2.05, 4.69) is 25.4 Å². The van der Waals surface area contributed by atoms with Gasteiger partial charge in [-0.2, -0.15) is 4.98 Å². The molecule has 9 heteroatoms. The average Bonchev–Trinajstić information content (AvgIpc) is 3.24. The third kappa shape index (κ3) is 2.97. The summed E-state index contributed by atoms with van der Waals surface area (Å²) in [6.07, 6.45) is 6.14. The fraction of sp³-hybridized carbons (Fsp3) is 0.467. The summed E-state index contributed by atoms with van der Waals surface area (Å²) in [4.78, 5) is 35.2. The van der Waals surface area contributed by atoms with E-state index in [1.54, 1.807) is 0 Å². The zero-order valence-electron chi connectivity index (χ0n) is 13.2. The van der Waals surface area contributed by atoms with Crippen molar-refractivity contribution in [3.05, 3.63) is 35.5 Å². The molecule has 126 valence electrons. The lowest BCUT2D eigenvalue weighted by molar-refractivity contribution is 0.0688. The highest BCUT2D eigenvalue weighted by Crippen LogP contribution is 2.37. The van der Waals surface area contributed by atoms with E-state index < -0.39 is 17.4 Å². The molecule has 9 nitrogen and oxygen atoms in total. The van der Waals surface area contributed by atoms with Gasteiger partial charge in [0.25, 0.3) is 5.91 Å². The van der Waals surface area contributed by atoms with Gasteiger partial charge in [-0.05, 0) is 12.8 Å². The minimum Gasteiger partial charge on any atom is -0.476 e. The van der Waals surface area contributed by atoms with E-state index in [0.29, 0.717) is 31.0 Å². The Bertz CT molecular complexity index is 749. The molecule has 0 aliphatic heterocycles. The van der Waals surface area contributed by atoms with Crippen LogP contribution in [0.2, 0.25) is 0 Å². The minimum absolute atomic E-state index is 0.0467. The number of hydrogen-bond donors (Lipinski definition) is 2. The molecule has 0 unspecified atom stereocenters. The van der Waals surface area contributed by atoms with Crippen LogP contribution in [-0.4, -0.2) is 37.1 Å². The molecule has 0 atom stereocenters. The Balaban J connectivity index is 1.82. The van der Waals surface area contributed by atoms with Crippen LogP contribution in [0.1, 0.15) is 65.3 Å². The summed E-state index contributed by atoms with van der Waals surface area (Å²) in [5.74, 6) is -0.638. The Labute approximate surface area is 137 Å². The van der Waals surface area contributed by atoms with Gasteiger partial charge in [0.15, 0.2) is 11.5 Å². The van der Waals surface area contributed by atoms with Gasteiger partial charge in [0.2, 0.25) is 5.89 Å². The number of nitrogens with zero attached hydrogens (tertiary/aromatic N) is 4. The number of carboxylic acid groups (broad SMARTS) is 1. The van der Waals surface area contributed by atoms with Crippen LogP contribution >= 0.6 is 0 Å². The van der Waals surface area contributed by atoms with Crippen LogP contribution in [-0.2, 0) is 12.0 Å². The summed E-state index contributed by atoms with van der Waals surface area (Å²) >= 11 is 0. The van der Waals surface area contributed by atoms with Crippen molar-refractivity contribution in [2.24, 2.45) is 0 Å². The van der Waals surface area contributed by atoms with Crippen LogP contribution in [0.4, 0.5) is 0 Å². The molecule has 24 heavy (non-hydrogen) atoms. The number of carbonyl (C=O) groups is 2. The molecule has 1 aliphatic rings. The second-order valence-corrected chi connectivity index (χ2v) is 5.70. The lowest BCUT2D eigenvalue weighted by Gasteiger charge is -2.26. The highest BCUT2D eigenvalue weighted by molar-refractivity contribution is 5.93. The van der Waals surface area contributed by atoms with E-state index in [-0.39, 0.29) is 11.4 Å². The first-order valence-corrected chi connectivity index (χ1v) is 7.75. The molecule has 2 N–H and O–H groups in total. The lowest BCUT2D eigenvalue weighted by atomic mass is 9.96. The second-order valence-electron chi connectivity index (χ2n) is 5.70. The van der Waals surface area contributed by atoms with E-state index in [1.807, 2.05) is 6.92 Å². The zero-order valence-corrected chi connectivity index (χ0v) is 13.2. The highest BCUT2D eigenvalue weighted by atomic mass is 16.5. The number of aromatic nitrogens is 4. The molecule has 0 aromatic carbocycles. The van der Waals surface area contributed by atoms with Crippen LogP contribution < -0.4 is 5.32 Å². The average molecular weight is 331 g/mol. The maximum atomic E-state index is 12.5. The predicted octanol–water partition coefficient (Wildman–Crippen LogP) is 1.32. The largest absolute Gasteiger partial charge is 0.476 e. The van der Waals surface area contributed by atoms with Gasteiger partial charge in [-0.25, -0.2) is 14.8 Å². The molecule has 2 heterocycles. The van der Waals surface area contributed by atoms with Gasteiger partial charge in [-0.15, -0.1) is 0 Å². The summed E-state index contributed by atoms with van der Waals surface area (Å²) in [5.41, 5.74) is -0.848. The number of nitrogens with one attached hydrogen (secondary N) is 1. The molecule has 2 aromatic rings. The Morgan fingerprint density at radius 3 is 2.46 bits per heavy atom. The van der Waals surface area contributed by atoms with Gasteiger partial charge in [0.05, 0.1) is 12.4 Å². The van der Waals surface area contributed by atoms with Crippen LogP contribution in [0.15, 0.2) is 16.9 Å². The SMILES string of the molecule is CCc1nc(C2(NC(=O)c3cnc(C(=O)O)cn3)CCCC2)no1. The van der Waals surface area contributed by atoms with Crippen molar-refractivity contribution in [2.45, 2.75) is 44.6 Å². The smallest absolute Gasteiger partial charge is 0.356 e. The Kier molecular flexibility index (Phi) is 4.24. The summed E-state index contributed by atoms with van der Waals surface area (Å²) in [7, 11) is 0. The van der Waals surface area contributed by atoms with E-state index in [0.717, 1.165) is 25.2 Å². The molecular weight excluding hydrogens is 314 g/mol. The topological polar surface area (TPSA) is 131 Å². The Morgan fingerprint density at radius 1 is 1.25 bits per heavy atom. The molecule has 3 rings (SSSR count). The third-order valence-electron chi connectivity index (χ3n) is 4.11. The van der Waals surface area contributed by atoms with Crippen molar-refractivity contribution in [3.63, 3.8) is 0 Å². The van der Waals surface area contributed by atoms with Crippen molar-refractivity contribution >= 4 is 11.9 Å². The zero-order chi connectivity index (χ0) is 17.2. The van der Waals surface area contributed by atoms with E-state index >= 15 is 0 Å². The maximum Gasteiger partial charge on any atom is 0.356 e. The summed E-state index contributed by atoms with van der Waals surface area (Å²) in [6, 6.07) is 0. The predicted molar refractivity (Wildman–Crippen MR) is 80.3 cm³/mol. The number of amides is 1. The van der Waals surface area contributed by atoms with Gasteiger partial charge >= 0.3 is 5.97 Å². The first-order valence-electron chi connectivity index (χ1n) is 7.75. The standard InChI is InChI=1S/C15H17N5O4/c1-2-11-18-14(20-24-11)15(5-3-4-6-15)19-12(21)9-7-17-10(8-16-9)13(22)23/h7-8H,2-6H2,1H3,(H,19,21)(H,22,23). The molecule has 1 saturated carbocycles. The molecule has 1 aliphatic carbocycles. The molecule has 1 amide bonds. The van der Waals surface area contributed by atoms with Crippen LogP contribution in [0.25, 0.3) is 0 Å². The maximum absolute atomic E-state index is 12.5. The second kappa shape index (κ2) is 6.34. The molecule has 2 aromatic heterocycles. The normalized spacial score (nSPS) is 16.0. The number of carboxylic acids is 1. The first-order chi connectivity index (χ1) is 11.5. The fourth-order valence-electron chi connectivity index (χ4n) is 2.81. The van der Waals surface area contributed by atoms with Crippen molar-refractivity contribution in [1.29, 1.82) is 0 Å². The molecule has 0 spiro atoms. The van der Waals surface area contributed by atoms with Crippen molar-refractivity contribution in [3.8, 4) is 0 Å². The van der Waals surface area contributed by atoms with Gasteiger partial charge in [0, 0.05) is 6.42 Å². The summed E-state index contributed by atoms with van der Waals surface area (Å²) in [5, 5.41) is 15.8. The number of carbonyl (C=O) groups excluding carboxylic acids is 1. The van der Waals surface area contributed by atoms with Gasteiger partial charge < -0.3 is 14.9 Å². The monoisotopic (exact) mass is 331 g/mol. The molecule has 0 radical (unpaired) electrons. The molecular formula is C15H17N5O4. The van der Waals surface area contributed by atoms with Crippen molar-refractivity contribution in [1.82, 2.24) is 25.4 Å². The number of aromatic carboxylic acids is 1. The van der Waals surface area contributed by atoms with Crippen LogP contribution in [0.3, 0.4) is 0 Å². The summed E-state index contributed by atoms with van der Waals surface area (Å²) < 4.78 is 5.17. The minimum atomic E-state index is -1.19. The first kappa shape index (κ1) is 16.0. The fourth-order valence-corrected chi connectivity index (χ4v) is 2.81. The number of rotatable bonds is 5. The quantitative estimate of drug-likeness (QED) is 0.838. The summed E-state index contributed by atoms with van der Waals surface area (Å²) in [6.45, 7) is 1.91. The third-order valence-corrected chi connectivity index (χ3v) is 4.11. The Morgan fingerprint density at radius 2 is 1.92 bits per heavy atom. The van der Waals surface area contributed by atoms with Crippen LogP contribution in [0, 0.1) is 0 Å². The highest BCUT2D eigenvalue weighted by Gasteiger charge is 2.41. The van der Waals surface area contributed by atoms with Gasteiger partial charge in [-0.3, -0.25) is 4.79 Å². The lowest BCUT2D eigenvalue weighted by Crippen LogP contribution is -2.45. The molecule has 0 bridgehead atoms. The van der Waals surface area contributed by atoms with Crippen molar-refractivity contribution in [2.75, 3.05) is 0 Å². The molecule has 0 saturated heterocycles. The Hall–Kier alpha value is -2.84. The molecule has 1 fully saturated rings. The van der Waals surface area contributed by atoms with Gasteiger partial charge in [-0.1, -0.05) is 24.9 Å². The van der Waals surface area contributed by atoms with Crippen molar-refractivity contribution < 1.29 is 19.2 Å². The van der Waals surface area contributed by atoms with E-state index in [4.69, 9.17) is 9.63 Å². The van der Waals surface area contributed by atoms with Gasteiger partial charge in [0.1, 0.15) is 11.2 Å². The van der Waals surface area contributed by atoms with E-state index in [9.17, 15) is 9.59 Å². The number of hydrogen-bond acceptors (Lipinski definition) is 7.